The average molecular weight is 794 g/mol. The van der Waals surface area contributed by atoms with Crippen LogP contribution in [-0.2, 0) is 39.1 Å². The van der Waals surface area contributed by atoms with Crippen molar-refractivity contribution in [2.24, 2.45) is 5.73 Å². The van der Waals surface area contributed by atoms with Crippen LogP contribution in [0.5, 0.6) is 0 Å². The van der Waals surface area contributed by atoms with Crippen LogP contribution in [-0.4, -0.2) is 81.7 Å². The molecule has 4 aromatic carbocycles. The second-order valence-corrected chi connectivity index (χ2v) is 14.6. The Morgan fingerprint density at radius 3 is 1.96 bits per heavy atom. The van der Waals surface area contributed by atoms with E-state index in [4.69, 9.17) is 15.6 Å². The number of primary amides is 1. The number of hydrogen-bond donors (Lipinski definition) is 2. The number of carboxylic acids is 1. The molecule has 0 radical (unpaired) electrons. The van der Waals surface area contributed by atoms with Crippen molar-refractivity contribution in [1.82, 2.24) is 9.80 Å². The van der Waals surface area contributed by atoms with Crippen molar-refractivity contribution in [2.45, 2.75) is 61.0 Å². The number of carbonyl (C=O) groups is 3. The normalized spacial score (nSPS) is 15.4. The highest BCUT2D eigenvalue weighted by molar-refractivity contribution is 7.85. The summed E-state index contributed by atoms with van der Waals surface area (Å²) < 4.78 is 97.4. The van der Waals surface area contributed by atoms with E-state index >= 15 is 0 Å². The van der Waals surface area contributed by atoms with E-state index in [1.54, 1.807) is 18.1 Å². The second kappa shape index (κ2) is 18.1. The summed E-state index contributed by atoms with van der Waals surface area (Å²) in [6.07, 6.45) is -9.10. The number of amides is 3. The van der Waals surface area contributed by atoms with Gasteiger partial charge in [0.05, 0.1) is 33.3 Å². The maximum atomic E-state index is 13.2. The van der Waals surface area contributed by atoms with Gasteiger partial charge in [-0.25, -0.2) is 4.79 Å². The van der Waals surface area contributed by atoms with E-state index in [1.807, 2.05) is 66.7 Å². The number of carbonyl (C=O) groups excluding carboxylic acids is 2. The molecular formula is C39H41F6N3O6S. The number of methoxy groups -OCH3 is 1. The fourth-order valence-corrected chi connectivity index (χ4v) is 7.76. The van der Waals surface area contributed by atoms with E-state index in [0.29, 0.717) is 43.8 Å². The van der Waals surface area contributed by atoms with Gasteiger partial charge in [0.15, 0.2) is 0 Å². The molecular weight excluding hydrogens is 752 g/mol. The van der Waals surface area contributed by atoms with Gasteiger partial charge in [0.1, 0.15) is 0 Å². The number of urea groups is 1. The van der Waals surface area contributed by atoms with Gasteiger partial charge >= 0.3 is 24.4 Å². The highest BCUT2D eigenvalue weighted by Crippen LogP contribution is 2.37. The van der Waals surface area contributed by atoms with Gasteiger partial charge in [0.2, 0.25) is 0 Å². The lowest BCUT2D eigenvalue weighted by Crippen LogP contribution is -2.51. The number of halogens is 6. The van der Waals surface area contributed by atoms with Crippen LogP contribution >= 0.6 is 0 Å². The van der Waals surface area contributed by atoms with Crippen LogP contribution in [0.1, 0.15) is 52.7 Å². The lowest BCUT2D eigenvalue weighted by atomic mass is 9.93. The van der Waals surface area contributed by atoms with Gasteiger partial charge < -0.3 is 25.4 Å². The third-order valence-corrected chi connectivity index (χ3v) is 11.1. The smallest absolute Gasteiger partial charge is 0.416 e. The Kier molecular flexibility index (Phi) is 14.1. The largest absolute Gasteiger partial charge is 0.481 e. The third-order valence-electron chi connectivity index (χ3n) is 9.50. The second-order valence-electron chi connectivity index (χ2n) is 13.2. The summed E-state index contributed by atoms with van der Waals surface area (Å²) in [6, 6.07) is 21.8. The molecule has 5 rings (SSSR count). The Bertz CT molecular complexity index is 1950. The standard InChI is InChI=1S/C25H21F6NO3.C14H20N2O3S/c1-32(23(35)18-12-19(24(26,27)28)14-20(13-18)25(29,30)31)21(8-9-22(33)34)11-15-6-7-16-4-2-3-5-17(16)10-15;1-19-14(7-9-16(10-8-14)13(15)17)11-20(18)12-5-3-2-4-6-12/h2-7,10,12-14,21H,8-9,11H2,1H3,(H,33,34);2-6H,7-11H2,1H3,(H2,15,17). The fourth-order valence-electron chi connectivity index (χ4n) is 6.24. The minimum Gasteiger partial charge on any atom is -0.481 e. The zero-order valence-electron chi connectivity index (χ0n) is 30.0. The number of hydrogen-bond acceptors (Lipinski definition) is 5. The van der Waals surface area contributed by atoms with Crippen LogP contribution < -0.4 is 5.73 Å². The summed E-state index contributed by atoms with van der Waals surface area (Å²) in [4.78, 5) is 38.7. The van der Waals surface area contributed by atoms with Gasteiger partial charge in [-0.1, -0.05) is 60.7 Å². The van der Waals surface area contributed by atoms with Gasteiger partial charge in [0, 0.05) is 50.2 Å². The molecule has 3 N–H and O–H groups in total. The zero-order chi connectivity index (χ0) is 40.6. The van der Waals surface area contributed by atoms with Crippen LogP contribution in [0.4, 0.5) is 31.1 Å². The molecule has 4 aromatic rings. The SMILES string of the molecule is CN(C(=O)c1cc(C(F)(F)F)cc(C(F)(F)F)c1)C(CCC(=O)O)Cc1ccc2ccccc2c1.COC1(CS(=O)c2ccccc2)CCN(C(N)=O)CC1. The maximum Gasteiger partial charge on any atom is 0.416 e. The first-order valence-corrected chi connectivity index (χ1v) is 18.4. The molecule has 1 fully saturated rings. The topological polar surface area (TPSA) is 130 Å². The molecule has 0 spiro atoms. The first kappa shape index (κ1) is 42.8. The predicted molar refractivity (Wildman–Crippen MR) is 195 cm³/mol. The van der Waals surface area contributed by atoms with E-state index in [0.717, 1.165) is 26.1 Å². The van der Waals surface area contributed by atoms with E-state index in [9.17, 15) is 44.9 Å². The molecule has 0 bridgehead atoms. The number of fused-ring (bicyclic) bond motifs is 1. The molecule has 1 aliphatic heterocycles. The lowest BCUT2D eigenvalue weighted by Gasteiger charge is -2.39. The molecule has 3 amide bonds. The highest BCUT2D eigenvalue weighted by Gasteiger charge is 2.39. The Labute approximate surface area is 316 Å². The maximum absolute atomic E-state index is 13.2. The first-order chi connectivity index (χ1) is 25.8. The van der Waals surface area contributed by atoms with Crippen molar-refractivity contribution in [3.8, 4) is 0 Å². The molecule has 1 aliphatic rings. The number of likely N-dealkylation sites (tertiary alicyclic amines) is 1. The van der Waals surface area contributed by atoms with Crippen molar-refractivity contribution in [1.29, 1.82) is 0 Å². The Morgan fingerprint density at radius 1 is 0.873 bits per heavy atom. The number of rotatable bonds is 11. The van der Waals surface area contributed by atoms with Gasteiger partial charge in [-0.15, -0.1) is 0 Å². The van der Waals surface area contributed by atoms with Gasteiger partial charge in [0.25, 0.3) is 5.91 Å². The Hall–Kier alpha value is -4.96. The molecule has 0 saturated carbocycles. The zero-order valence-corrected chi connectivity index (χ0v) is 30.8. The molecule has 2 atom stereocenters. The molecule has 55 heavy (non-hydrogen) atoms. The number of likely N-dealkylation sites (N-methyl/N-ethyl adjacent to an activating group) is 1. The molecule has 0 aliphatic carbocycles. The van der Waals surface area contributed by atoms with E-state index in [2.05, 4.69) is 0 Å². The number of piperidine rings is 1. The number of aliphatic carboxylic acids is 1. The van der Waals surface area contributed by atoms with E-state index < -0.39 is 69.4 Å². The fraction of sp³-hybridized carbons (Fsp3) is 0.359. The summed E-state index contributed by atoms with van der Waals surface area (Å²) >= 11 is 0. The number of nitrogens with two attached hydrogens (primary N) is 1. The summed E-state index contributed by atoms with van der Waals surface area (Å²) in [7, 11) is 1.78. The van der Waals surface area contributed by atoms with Crippen molar-refractivity contribution in [3.05, 3.63) is 113 Å². The molecule has 9 nitrogen and oxygen atoms in total. The van der Waals surface area contributed by atoms with Crippen molar-refractivity contribution in [3.63, 3.8) is 0 Å². The molecule has 16 heteroatoms. The molecule has 296 valence electrons. The van der Waals surface area contributed by atoms with Crippen molar-refractivity contribution in [2.75, 3.05) is 33.0 Å². The van der Waals surface area contributed by atoms with Gasteiger partial charge in [-0.2, -0.15) is 26.3 Å². The number of ether oxygens (including phenoxy) is 1. The first-order valence-electron chi connectivity index (χ1n) is 17.1. The quantitative estimate of drug-likeness (QED) is 0.149. The van der Waals surface area contributed by atoms with Crippen molar-refractivity contribution >= 4 is 39.5 Å². The summed E-state index contributed by atoms with van der Waals surface area (Å²) in [5.41, 5.74) is 1.60. The molecule has 1 saturated heterocycles. The lowest BCUT2D eigenvalue weighted by molar-refractivity contribution is -0.143. The third kappa shape index (κ3) is 11.8. The monoisotopic (exact) mass is 793 g/mol. The van der Waals surface area contributed by atoms with Crippen molar-refractivity contribution < 1.29 is 54.8 Å². The Morgan fingerprint density at radius 2 is 1.44 bits per heavy atom. The average Bonchev–Trinajstić information content (AvgIpc) is 3.15. The number of benzene rings is 4. The molecule has 0 aromatic heterocycles. The van der Waals surface area contributed by atoms with Crippen LogP contribution in [0.3, 0.4) is 0 Å². The minimum absolute atomic E-state index is 0.0461. The Balaban J connectivity index is 0.000000284. The molecule has 1 heterocycles. The van der Waals surface area contributed by atoms with Gasteiger partial charge in [-0.3, -0.25) is 13.8 Å². The van der Waals surface area contributed by atoms with Crippen LogP contribution in [0.2, 0.25) is 0 Å². The van der Waals surface area contributed by atoms with Crippen LogP contribution in [0.25, 0.3) is 10.8 Å². The number of nitrogens with zero attached hydrogens (tertiary/aromatic N) is 2. The van der Waals surface area contributed by atoms with E-state index in [1.165, 1.54) is 7.05 Å². The molecule has 2 unspecified atom stereocenters. The predicted octanol–water partition coefficient (Wildman–Crippen LogP) is 7.78. The number of carboxylic acid groups (broad SMARTS) is 1. The highest BCUT2D eigenvalue weighted by atomic mass is 32.2. The summed E-state index contributed by atoms with van der Waals surface area (Å²) in [5, 5.41) is 10.9. The number of alkyl halides is 6. The van der Waals surface area contributed by atoms with E-state index in [-0.39, 0.29) is 25.3 Å². The van der Waals surface area contributed by atoms with Gasteiger partial charge in [-0.05, 0) is 72.4 Å². The van der Waals surface area contributed by atoms with Crippen LogP contribution in [0, 0.1) is 0 Å². The summed E-state index contributed by atoms with van der Waals surface area (Å²) in [6.45, 7) is 1.10. The minimum atomic E-state index is -5.09. The van der Waals surface area contributed by atoms with Crippen LogP contribution in [0.15, 0.2) is 95.9 Å². The summed E-state index contributed by atoms with van der Waals surface area (Å²) in [5.74, 6) is -1.77.